The smallest absolute Gasteiger partial charge is 0.150 e. The van der Waals surface area contributed by atoms with Gasteiger partial charge in [-0.05, 0) is 18.4 Å². The highest BCUT2D eigenvalue weighted by Gasteiger charge is 2.13. The van der Waals surface area contributed by atoms with E-state index in [-0.39, 0.29) is 0 Å². The molecule has 0 amide bonds. The third-order valence-corrected chi connectivity index (χ3v) is 3.68. The van der Waals surface area contributed by atoms with E-state index in [1.165, 1.54) is 32.1 Å². The topological polar surface area (TPSA) is 74.7 Å². The van der Waals surface area contributed by atoms with Gasteiger partial charge >= 0.3 is 0 Å². The molecule has 4 nitrogen and oxygen atoms in total. The molecule has 96 valence electrons. The van der Waals surface area contributed by atoms with Crippen molar-refractivity contribution in [3.63, 3.8) is 0 Å². The Morgan fingerprint density at radius 1 is 1.39 bits per heavy atom. The second-order valence-corrected chi connectivity index (χ2v) is 4.95. The van der Waals surface area contributed by atoms with Gasteiger partial charge < -0.3 is 11.1 Å². The van der Waals surface area contributed by atoms with E-state index >= 15 is 0 Å². The van der Waals surface area contributed by atoms with Crippen molar-refractivity contribution >= 4 is 11.5 Å². The van der Waals surface area contributed by atoms with Crippen LogP contribution in [0.1, 0.15) is 44.1 Å². The van der Waals surface area contributed by atoms with E-state index in [1.54, 1.807) is 12.3 Å². The average molecular weight is 244 g/mol. The van der Waals surface area contributed by atoms with Gasteiger partial charge in [-0.15, -0.1) is 0 Å². The predicted molar refractivity (Wildman–Crippen MR) is 73.0 cm³/mol. The van der Waals surface area contributed by atoms with Crippen LogP contribution >= 0.6 is 0 Å². The van der Waals surface area contributed by atoms with Gasteiger partial charge in [0, 0.05) is 12.7 Å². The van der Waals surface area contributed by atoms with Crippen LogP contribution in [0.25, 0.3) is 0 Å². The first-order chi connectivity index (χ1) is 8.81. The number of hydrogen-bond acceptors (Lipinski definition) is 4. The van der Waals surface area contributed by atoms with Crippen LogP contribution in [0.15, 0.2) is 12.3 Å². The van der Waals surface area contributed by atoms with Crippen LogP contribution < -0.4 is 11.1 Å². The number of pyridine rings is 1. The van der Waals surface area contributed by atoms with Crippen LogP contribution in [-0.4, -0.2) is 11.5 Å². The van der Waals surface area contributed by atoms with Crippen LogP contribution in [-0.2, 0) is 0 Å². The summed E-state index contributed by atoms with van der Waals surface area (Å²) in [5.74, 6) is 1.48. The number of nitrogens with one attached hydrogen (secondary N) is 1. The fraction of sp³-hybridized carbons (Fsp3) is 0.571. The zero-order chi connectivity index (χ0) is 12.8. The summed E-state index contributed by atoms with van der Waals surface area (Å²) in [6.07, 6.45) is 9.62. The van der Waals surface area contributed by atoms with E-state index in [4.69, 9.17) is 11.0 Å². The number of nitrogens with zero attached hydrogens (tertiary/aromatic N) is 2. The Balaban J connectivity index is 1.84. The van der Waals surface area contributed by atoms with Gasteiger partial charge in [-0.3, -0.25) is 0 Å². The van der Waals surface area contributed by atoms with Crippen molar-refractivity contribution in [3.05, 3.63) is 17.8 Å². The highest BCUT2D eigenvalue weighted by atomic mass is 15.0. The standard InChI is InChI=1S/C14H20N4/c15-10-12-7-9-18-14(13(12)16)17-8-6-11-4-2-1-3-5-11/h7,9,11H,1-6,8,16H2,(H,17,18). The third-order valence-electron chi connectivity index (χ3n) is 3.68. The molecule has 1 aromatic rings. The fourth-order valence-corrected chi connectivity index (χ4v) is 2.58. The van der Waals surface area contributed by atoms with E-state index in [0.717, 1.165) is 18.9 Å². The highest BCUT2D eigenvalue weighted by molar-refractivity contribution is 5.68. The van der Waals surface area contributed by atoms with Crippen molar-refractivity contribution in [2.75, 3.05) is 17.6 Å². The van der Waals surface area contributed by atoms with E-state index in [0.29, 0.717) is 17.1 Å². The maximum Gasteiger partial charge on any atom is 0.150 e. The number of nitrogens with two attached hydrogens (primary N) is 1. The third kappa shape index (κ3) is 3.13. The minimum absolute atomic E-state index is 0.462. The van der Waals surface area contributed by atoms with Crippen molar-refractivity contribution in [3.8, 4) is 6.07 Å². The van der Waals surface area contributed by atoms with Crippen LogP contribution in [0.5, 0.6) is 0 Å². The first-order valence-corrected chi connectivity index (χ1v) is 6.69. The van der Waals surface area contributed by atoms with E-state index in [9.17, 15) is 0 Å². The fourth-order valence-electron chi connectivity index (χ4n) is 2.58. The van der Waals surface area contributed by atoms with E-state index in [2.05, 4.69) is 16.4 Å². The molecule has 0 radical (unpaired) electrons. The van der Waals surface area contributed by atoms with Crippen LogP contribution in [0.3, 0.4) is 0 Å². The predicted octanol–water partition coefficient (Wildman–Crippen LogP) is 2.92. The van der Waals surface area contributed by atoms with Gasteiger partial charge in [0.1, 0.15) is 6.07 Å². The summed E-state index contributed by atoms with van der Waals surface area (Å²) in [7, 11) is 0. The number of aromatic nitrogens is 1. The molecule has 0 unspecified atom stereocenters. The van der Waals surface area contributed by atoms with Crippen molar-refractivity contribution in [1.82, 2.24) is 4.98 Å². The van der Waals surface area contributed by atoms with Gasteiger partial charge in [-0.2, -0.15) is 5.26 Å². The Kier molecular flexibility index (Phi) is 4.40. The molecule has 18 heavy (non-hydrogen) atoms. The minimum atomic E-state index is 0.462. The Hall–Kier alpha value is -1.76. The molecule has 1 aromatic heterocycles. The Labute approximate surface area is 108 Å². The maximum atomic E-state index is 8.89. The molecule has 0 bridgehead atoms. The lowest BCUT2D eigenvalue weighted by atomic mass is 9.87. The van der Waals surface area contributed by atoms with Crippen molar-refractivity contribution < 1.29 is 0 Å². The quantitative estimate of drug-likeness (QED) is 0.854. The summed E-state index contributed by atoms with van der Waals surface area (Å²) in [5.41, 5.74) is 6.82. The molecule has 0 saturated heterocycles. The molecule has 0 atom stereocenters. The van der Waals surface area contributed by atoms with Crippen LogP contribution in [0.4, 0.5) is 11.5 Å². The zero-order valence-corrected chi connectivity index (χ0v) is 10.7. The first-order valence-electron chi connectivity index (χ1n) is 6.69. The molecular weight excluding hydrogens is 224 g/mol. The summed E-state index contributed by atoms with van der Waals surface area (Å²) in [6, 6.07) is 3.71. The van der Waals surface area contributed by atoms with E-state index < -0.39 is 0 Å². The van der Waals surface area contributed by atoms with Gasteiger partial charge in [0.2, 0.25) is 0 Å². The number of hydrogen-bond donors (Lipinski definition) is 2. The molecular formula is C14H20N4. The Morgan fingerprint density at radius 3 is 2.89 bits per heavy atom. The first kappa shape index (κ1) is 12.7. The monoisotopic (exact) mass is 244 g/mol. The van der Waals surface area contributed by atoms with Crippen LogP contribution in [0, 0.1) is 17.2 Å². The number of rotatable bonds is 4. The summed E-state index contributed by atoms with van der Waals surface area (Å²) >= 11 is 0. The van der Waals surface area contributed by atoms with Gasteiger partial charge in [-0.1, -0.05) is 32.1 Å². The molecule has 1 saturated carbocycles. The van der Waals surface area contributed by atoms with Crippen molar-refractivity contribution in [1.29, 1.82) is 5.26 Å². The van der Waals surface area contributed by atoms with Gasteiger partial charge in [-0.25, -0.2) is 4.98 Å². The Bertz CT molecular complexity index is 430. The Morgan fingerprint density at radius 2 is 2.17 bits per heavy atom. The van der Waals surface area contributed by atoms with Crippen LogP contribution in [0.2, 0.25) is 0 Å². The SMILES string of the molecule is N#Cc1ccnc(NCCC2CCCCC2)c1N. The van der Waals surface area contributed by atoms with Crippen molar-refractivity contribution in [2.45, 2.75) is 38.5 Å². The number of nitrogen functional groups attached to an aromatic ring is 1. The second kappa shape index (κ2) is 6.25. The normalized spacial score (nSPS) is 16.2. The summed E-state index contributed by atoms with van der Waals surface area (Å²) in [6.45, 7) is 0.886. The highest BCUT2D eigenvalue weighted by Crippen LogP contribution is 2.26. The lowest BCUT2D eigenvalue weighted by Gasteiger charge is -2.21. The molecule has 3 N–H and O–H groups in total. The summed E-state index contributed by atoms with van der Waals surface area (Å²) in [5, 5.41) is 12.1. The molecule has 1 aliphatic rings. The van der Waals surface area contributed by atoms with Gasteiger partial charge in [0.15, 0.2) is 5.82 Å². The lowest BCUT2D eigenvalue weighted by molar-refractivity contribution is 0.345. The lowest BCUT2D eigenvalue weighted by Crippen LogP contribution is -2.13. The second-order valence-electron chi connectivity index (χ2n) is 4.95. The largest absolute Gasteiger partial charge is 0.395 e. The average Bonchev–Trinajstić information content (AvgIpc) is 2.42. The number of nitriles is 1. The molecule has 0 aliphatic heterocycles. The summed E-state index contributed by atoms with van der Waals surface area (Å²) < 4.78 is 0. The molecule has 1 aliphatic carbocycles. The molecule has 1 fully saturated rings. The van der Waals surface area contributed by atoms with Gasteiger partial charge in [0.25, 0.3) is 0 Å². The van der Waals surface area contributed by atoms with Crippen molar-refractivity contribution in [2.24, 2.45) is 5.92 Å². The van der Waals surface area contributed by atoms with E-state index in [1.807, 2.05) is 0 Å². The molecule has 0 aromatic carbocycles. The number of anilines is 2. The molecule has 1 heterocycles. The molecule has 4 heteroatoms. The molecule has 0 spiro atoms. The molecule has 2 rings (SSSR count). The summed E-state index contributed by atoms with van der Waals surface area (Å²) in [4.78, 5) is 4.18. The van der Waals surface area contributed by atoms with Gasteiger partial charge in [0.05, 0.1) is 11.3 Å². The minimum Gasteiger partial charge on any atom is -0.395 e. The maximum absolute atomic E-state index is 8.89. The zero-order valence-electron chi connectivity index (χ0n) is 10.7.